The summed E-state index contributed by atoms with van der Waals surface area (Å²) in [5.41, 5.74) is 1.42. The number of nitrogens with zero attached hydrogens (tertiary/aromatic N) is 2. The van der Waals surface area contributed by atoms with Gasteiger partial charge in [0.05, 0.1) is 22.4 Å². The highest BCUT2D eigenvalue weighted by Gasteiger charge is 2.31. The predicted octanol–water partition coefficient (Wildman–Crippen LogP) is 3.42. The highest BCUT2D eigenvalue weighted by Crippen LogP contribution is 2.34. The summed E-state index contributed by atoms with van der Waals surface area (Å²) in [5.74, 6) is 0.00149. The molecule has 1 aromatic heterocycles. The van der Waals surface area contributed by atoms with Crippen molar-refractivity contribution in [1.29, 1.82) is 0 Å². The molecule has 1 aliphatic rings. The van der Waals surface area contributed by atoms with Crippen LogP contribution in [0.25, 0.3) is 10.2 Å². The highest BCUT2D eigenvalue weighted by atomic mass is 32.1. The van der Waals surface area contributed by atoms with E-state index in [1.165, 1.54) is 0 Å². The fourth-order valence-corrected chi connectivity index (χ4v) is 4.32. The van der Waals surface area contributed by atoms with Crippen LogP contribution in [-0.2, 0) is 9.53 Å². The van der Waals surface area contributed by atoms with E-state index in [0.29, 0.717) is 30.8 Å². The third-order valence-corrected chi connectivity index (χ3v) is 5.14. The Bertz CT molecular complexity index is 741. The van der Waals surface area contributed by atoms with Gasteiger partial charge in [0.2, 0.25) is 0 Å². The Morgan fingerprint density at radius 1 is 1.35 bits per heavy atom. The van der Waals surface area contributed by atoms with Gasteiger partial charge in [-0.1, -0.05) is 11.3 Å². The number of esters is 1. The minimum Gasteiger partial charge on any atom is -0.462 e. The van der Waals surface area contributed by atoms with Gasteiger partial charge in [0, 0.05) is 24.9 Å². The first-order valence-corrected chi connectivity index (χ1v) is 8.69. The molecule has 0 spiro atoms. The molecular weight excluding hydrogens is 312 g/mol. The topological polar surface area (TPSA) is 59.5 Å². The quantitative estimate of drug-likeness (QED) is 0.806. The lowest BCUT2D eigenvalue weighted by Crippen LogP contribution is -2.47. The number of aromatic nitrogens is 1. The van der Waals surface area contributed by atoms with Crippen LogP contribution in [0.5, 0.6) is 0 Å². The van der Waals surface area contributed by atoms with Crippen molar-refractivity contribution in [2.75, 3.05) is 11.5 Å². The molecule has 0 aliphatic carbocycles. The van der Waals surface area contributed by atoms with Gasteiger partial charge in [0.25, 0.3) is 0 Å². The summed E-state index contributed by atoms with van der Waals surface area (Å²) >= 11 is 1.56. The molecule has 1 aromatic carbocycles. The molecular formula is C17H20N2O3S. The lowest BCUT2D eigenvalue weighted by atomic mass is 9.97. The van der Waals surface area contributed by atoms with Gasteiger partial charge in [0.1, 0.15) is 5.78 Å². The van der Waals surface area contributed by atoms with E-state index in [0.717, 1.165) is 15.3 Å². The standard InChI is InChI=1S/C17H20N2O3S/c1-4-22-16(21)12-5-6-14-15(9-12)23-17(18-14)19-10(2)7-13(20)8-11(19)3/h5-6,9-11H,4,7-8H2,1-3H3/t10-,11-/m0/s1. The largest absolute Gasteiger partial charge is 0.462 e. The van der Waals surface area contributed by atoms with Gasteiger partial charge in [-0.05, 0) is 39.0 Å². The van der Waals surface area contributed by atoms with Crippen molar-refractivity contribution in [3.8, 4) is 0 Å². The zero-order valence-electron chi connectivity index (χ0n) is 13.5. The minimum absolute atomic E-state index is 0.149. The van der Waals surface area contributed by atoms with Crippen LogP contribution < -0.4 is 4.90 Å². The van der Waals surface area contributed by atoms with Gasteiger partial charge in [-0.3, -0.25) is 4.79 Å². The van der Waals surface area contributed by atoms with Gasteiger partial charge >= 0.3 is 5.97 Å². The maximum atomic E-state index is 11.9. The number of ketones is 1. The molecule has 0 unspecified atom stereocenters. The first-order valence-electron chi connectivity index (χ1n) is 7.87. The number of Topliss-reactive ketones (excluding diaryl/α,β-unsaturated/α-hetero) is 1. The smallest absolute Gasteiger partial charge is 0.338 e. The molecule has 2 heterocycles. The van der Waals surface area contributed by atoms with Crippen LogP contribution in [0.1, 0.15) is 44.0 Å². The van der Waals surface area contributed by atoms with Gasteiger partial charge in [-0.2, -0.15) is 0 Å². The van der Waals surface area contributed by atoms with Crippen LogP contribution in [0.3, 0.4) is 0 Å². The second-order valence-electron chi connectivity index (χ2n) is 5.95. The molecule has 3 rings (SSSR count). The maximum Gasteiger partial charge on any atom is 0.338 e. The molecule has 0 N–H and O–H groups in total. The molecule has 0 amide bonds. The van der Waals surface area contributed by atoms with E-state index in [1.54, 1.807) is 24.3 Å². The van der Waals surface area contributed by atoms with Crippen molar-refractivity contribution < 1.29 is 14.3 Å². The fourth-order valence-electron chi connectivity index (χ4n) is 3.11. The summed E-state index contributed by atoms with van der Waals surface area (Å²) in [6.45, 7) is 6.27. The molecule has 5 nitrogen and oxygen atoms in total. The number of benzene rings is 1. The number of carbonyl (C=O) groups excluding carboxylic acids is 2. The molecule has 1 aliphatic heterocycles. The zero-order chi connectivity index (χ0) is 16.6. The second kappa shape index (κ2) is 6.28. The third kappa shape index (κ3) is 3.08. The first-order chi connectivity index (χ1) is 11.0. The summed E-state index contributed by atoms with van der Waals surface area (Å²) in [4.78, 5) is 30.5. The number of ether oxygens (including phenoxy) is 1. The van der Waals surface area contributed by atoms with E-state index in [1.807, 2.05) is 12.1 Å². The molecule has 0 saturated carbocycles. The van der Waals surface area contributed by atoms with Crippen molar-refractivity contribution in [2.45, 2.75) is 45.7 Å². The average molecular weight is 332 g/mol. The van der Waals surface area contributed by atoms with Crippen molar-refractivity contribution in [1.82, 2.24) is 4.98 Å². The number of rotatable bonds is 3. The summed E-state index contributed by atoms with van der Waals surface area (Å²) in [5, 5.41) is 0.911. The number of thiazole rings is 1. The minimum atomic E-state index is -0.311. The van der Waals surface area contributed by atoms with Gasteiger partial charge < -0.3 is 9.64 Å². The molecule has 2 atom stereocenters. The van der Waals surface area contributed by atoms with Gasteiger partial charge in [-0.25, -0.2) is 9.78 Å². The van der Waals surface area contributed by atoms with Gasteiger partial charge in [0.15, 0.2) is 5.13 Å². The Morgan fingerprint density at radius 2 is 2.04 bits per heavy atom. The maximum absolute atomic E-state index is 11.9. The second-order valence-corrected chi connectivity index (χ2v) is 6.96. The van der Waals surface area contributed by atoms with E-state index < -0.39 is 0 Å². The first kappa shape index (κ1) is 15.9. The summed E-state index contributed by atoms with van der Waals surface area (Å²) in [6.07, 6.45) is 1.13. The Kier molecular flexibility index (Phi) is 4.35. The van der Waals surface area contributed by atoms with Crippen LogP contribution in [0, 0.1) is 0 Å². The molecule has 6 heteroatoms. The van der Waals surface area contributed by atoms with Crippen molar-refractivity contribution in [3.63, 3.8) is 0 Å². The average Bonchev–Trinajstić information content (AvgIpc) is 2.88. The zero-order valence-corrected chi connectivity index (χ0v) is 14.4. The number of hydrogen-bond donors (Lipinski definition) is 0. The number of fused-ring (bicyclic) bond motifs is 1. The summed E-state index contributed by atoms with van der Waals surface area (Å²) in [7, 11) is 0. The molecule has 0 radical (unpaired) electrons. The number of hydrogen-bond acceptors (Lipinski definition) is 6. The Balaban J connectivity index is 1.93. The lowest BCUT2D eigenvalue weighted by molar-refractivity contribution is -0.120. The van der Waals surface area contributed by atoms with E-state index in [9.17, 15) is 9.59 Å². The monoisotopic (exact) mass is 332 g/mol. The van der Waals surface area contributed by atoms with E-state index >= 15 is 0 Å². The van der Waals surface area contributed by atoms with Crippen LogP contribution in [-0.4, -0.2) is 35.4 Å². The van der Waals surface area contributed by atoms with Crippen LogP contribution >= 0.6 is 11.3 Å². The highest BCUT2D eigenvalue weighted by molar-refractivity contribution is 7.22. The molecule has 2 aromatic rings. The Morgan fingerprint density at radius 3 is 2.70 bits per heavy atom. The van der Waals surface area contributed by atoms with Crippen molar-refractivity contribution in [3.05, 3.63) is 23.8 Å². The van der Waals surface area contributed by atoms with Crippen molar-refractivity contribution >= 4 is 38.4 Å². The van der Waals surface area contributed by atoms with E-state index in [2.05, 4.69) is 23.7 Å². The number of piperidine rings is 1. The predicted molar refractivity (Wildman–Crippen MR) is 91.2 cm³/mol. The number of carbonyl (C=O) groups is 2. The molecule has 122 valence electrons. The van der Waals surface area contributed by atoms with E-state index in [4.69, 9.17) is 4.74 Å². The Hall–Kier alpha value is -1.95. The van der Waals surface area contributed by atoms with Gasteiger partial charge in [-0.15, -0.1) is 0 Å². The summed E-state index contributed by atoms with van der Waals surface area (Å²) < 4.78 is 6.00. The van der Waals surface area contributed by atoms with Crippen LogP contribution in [0.4, 0.5) is 5.13 Å². The molecule has 1 saturated heterocycles. The molecule has 0 bridgehead atoms. The normalized spacial score (nSPS) is 21.7. The summed E-state index contributed by atoms with van der Waals surface area (Å²) in [6, 6.07) is 5.73. The number of anilines is 1. The third-order valence-electron chi connectivity index (χ3n) is 4.11. The Labute approximate surface area is 139 Å². The fraction of sp³-hybridized carbons (Fsp3) is 0.471. The van der Waals surface area contributed by atoms with E-state index in [-0.39, 0.29) is 18.1 Å². The molecule has 1 fully saturated rings. The van der Waals surface area contributed by atoms with Crippen LogP contribution in [0.2, 0.25) is 0 Å². The van der Waals surface area contributed by atoms with Crippen LogP contribution in [0.15, 0.2) is 18.2 Å². The van der Waals surface area contributed by atoms with Crippen molar-refractivity contribution in [2.24, 2.45) is 0 Å². The lowest BCUT2D eigenvalue weighted by Gasteiger charge is -2.38. The molecule has 23 heavy (non-hydrogen) atoms. The SMILES string of the molecule is CCOC(=O)c1ccc2nc(N3[C@@H](C)CC(=O)C[C@@H]3C)sc2c1.